The zero-order chi connectivity index (χ0) is 11.5. The van der Waals surface area contributed by atoms with Crippen molar-refractivity contribution >= 4 is 0 Å². The number of hydrogen-bond acceptors (Lipinski definition) is 2. The van der Waals surface area contributed by atoms with Gasteiger partial charge in [0.2, 0.25) is 0 Å². The highest BCUT2D eigenvalue weighted by Gasteiger charge is 2.04. The predicted molar refractivity (Wildman–Crippen MR) is 60.2 cm³/mol. The number of benzene rings is 1. The molecule has 2 nitrogen and oxygen atoms in total. The lowest BCUT2D eigenvalue weighted by atomic mass is 10.2. The highest BCUT2D eigenvalue weighted by molar-refractivity contribution is 5.34. The van der Waals surface area contributed by atoms with E-state index in [1.54, 1.807) is 24.4 Å². The summed E-state index contributed by atoms with van der Waals surface area (Å²) >= 11 is 0. The highest BCUT2D eigenvalue weighted by atomic mass is 19.1. The Morgan fingerprint density at radius 1 is 1.12 bits per heavy atom. The lowest BCUT2D eigenvalue weighted by Crippen LogP contribution is -1.90. The minimum absolute atomic E-state index is 0.233. The Labute approximate surface area is 93.7 Å². The van der Waals surface area contributed by atoms with Gasteiger partial charge in [-0.05, 0) is 37.6 Å². The molecule has 0 aliphatic heterocycles. The minimum Gasteiger partial charge on any atom is -0.454 e. The molecular formula is C13H12FNO. The number of ether oxygens (including phenoxy) is 1. The molecule has 2 rings (SSSR count). The molecule has 0 spiro atoms. The Bertz CT molecular complexity index is 511. The number of nitrogens with zero attached hydrogens (tertiary/aromatic N) is 1. The van der Waals surface area contributed by atoms with Crippen LogP contribution in [0.5, 0.6) is 11.5 Å². The van der Waals surface area contributed by atoms with Crippen molar-refractivity contribution in [1.82, 2.24) is 4.98 Å². The molecule has 1 aromatic carbocycles. The normalized spacial score (nSPS) is 10.2. The molecular weight excluding hydrogens is 205 g/mol. The molecule has 1 heterocycles. The fourth-order valence-electron chi connectivity index (χ4n) is 1.40. The topological polar surface area (TPSA) is 22.1 Å². The maximum absolute atomic E-state index is 13.5. The fraction of sp³-hybridized carbons (Fsp3) is 0.154. The molecule has 0 N–H and O–H groups in total. The monoisotopic (exact) mass is 217 g/mol. The van der Waals surface area contributed by atoms with E-state index < -0.39 is 0 Å². The van der Waals surface area contributed by atoms with Gasteiger partial charge in [-0.25, -0.2) is 4.39 Å². The second-order valence-electron chi connectivity index (χ2n) is 3.67. The van der Waals surface area contributed by atoms with Crippen LogP contribution in [-0.2, 0) is 0 Å². The van der Waals surface area contributed by atoms with Crippen LogP contribution < -0.4 is 4.74 Å². The van der Waals surface area contributed by atoms with Gasteiger partial charge in [0.05, 0.1) is 0 Å². The largest absolute Gasteiger partial charge is 0.454 e. The zero-order valence-corrected chi connectivity index (χ0v) is 9.20. The van der Waals surface area contributed by atoms with E-state index in [2.05, 4.69) is 4.98 Å². The summed E-state index contributed by atoms with van der Waals surface area (Å²) in [4.78, 5) is 4.04. The van der Waals surface area contributed by atoms with Crippen molar-refractivity contribution < 1.29 is 9.13 Å². The van der Waals surface area contributed by atoms with Crippen molar-refractivity contribution in [2.45, 2.75) is 13.8 Å². The Hall–Kier alpha value is -1.90. The van der Waals surface area contributed by atoms with E-state index in [0.29, 0.717) is 5.75 Å². The quantitative estimate of drug-likeness (QED) is 0.766. The second-order valence-corrected chi connectivity index (χ2v) is 3.67. The van der Waals surface area contributed by atoms with Gasteiger partial charge in [0.15, 0.2) is 11.6 Å². The van der Waals surface area contributed by atoms with Gasteiger partial charge >= 0.3 is 0 Å². The summed E-state index contributed by atoms with van der Waals surface area (Å²) in [6, 6.07) is 8.35. The van der Waals surface area contributed by atoms with Crippen LogP contribution in [0.2, 0.25) is 0 Å². The number of halogens is 1. The molecule has 0 atom stereocenters. The molecule has 82 valence electrons. The van der Waals surface area contributed by atoms with Gasteiger partial charge < -0.3 is 4.74 Å². The molecule has 0 aliphatic carbocycles. The summed E-state index contributed by atoms with van der Waals surface area (Å²) < 4.78 is 18.9. The van der Waals surface area contributed by atoms with E-state index in [9.17, 15) is 4.39 Å². The Morgan fingerprint density at radius 2 is 1.94 bits per heavy atom. The summed E-state index contributed by atoms with van der Waals surface area (Å²) in [7, 11) is 0. The summed E-state index contributed by atoms with van der Waals surface area (Å²) in [5, 5.41) is 0. The summed E-state index contributed by atoms with van der Waals surface area (Å²) in [5.41, 5.74) is 1.71. The van der Waals surface area contributed by atoms with Crippen molar-refractivity contribution in [2.75, 3.05) is 0 Å². The van der Waals surface area contributed by atoms with Gasteiger partial charge in [-0.1, -0.05) is 6.07 Å². The van der Waals surface area contributed by atoms with Crippen molar-refractivity contribution in [3.63, 3.8) is 0 Å². The molecule has 0 saturated heterocycles. The average molecular weight is 217 g/mol. The van der Waals surface area contributed by atoms with Gasteiger partial charge in [-0.3, -0.25) is 4.98 Å². The maximum Gasteiger partial charge on any atom is 0.165 e. The second kappa shape index (κ2) is 4.31. The third-order valence-corrected chi connectivity index (χ3v) is 2.18. The van der Waals surface area contributed by atoms with E-state index in [-0.39, 0.29) is 11.6 Å². The van der Waals surface area contributed by atoms with E-state index in [0.717, 1.165) is 11.3 Å². The lowest BCUT2D eigenvalue weighted by molar-refractivity contribution is 0.441. The van der Waals surface area contributed by atoms with Gasteiger partial charge in [0.1, 0.15) is 5.75 Å². The van der Waals surface area contributed by atoms with Crippen molar-refractivity contribution in [2.24, 2.45) is 0 Å². The average Bonchev–Trinajstić information content (AvgIpc) is 2.22. The molecule has 3 heteroatoms. The van der Waals surface area contributed by atoms with E-state index in [4.69, 9.17) is 4.74 Å². The molecule has 0 fully saturated rings. The van der Waals surface area contributed by atoms with Crippen LogP contribution in [0.1, 0.15) is 11.3 Å². The van der Waals surface area contributed by atoms with E-state index in [1.807, 2.05) is 19.9 Å². The highest BCUT2D eigenvalue weighted by Crippen LogP contribution is 2.24. The Morgan fingerprint density at radius 3 is 2.62 bits per heavy atom. The summed E-state index contributed by atoms with van der Waals surface area (Å²) in [6.45, 7) is 3.70. The smallest absolute Gasteiger partial charge is 0.165 e. The molecule has 1 aromatic heterocycles. The lowest BCUT2D eigenvalue weighted by Gasteiger charge is -2.07. The number of rotatable bonds is 2. The molecule has 0 unspecified atom stereocenters. The Kier molecular flexibility index (Phi) is 2.86. The third kappa shape index (κ3) is 2.37. The number of pyridine rings is 1. The Balaban J connectivity index is 2.27. The molecule has 0 aliphatic rings. The van der Waals surface area contributed by atoms with E-state index >= 15 is 0 Å². The number of aromatic nitrogens is 1. The van der Waals surface area contributed by atoms with E-state index in [1.165, 1.54) is 6.07 Å². The first-order valence-corrected chi connectivity index (χ1v) is 5.02. The first-order chi connectivity index (χ1) is 7.65. The van der Waals surface area contributed by atoms with Crippen LogP contribution in [0.15, 0.2) is 36.5 Å². The van der Waals surface area contributed by atoms with Crippen molar-refractivity contribution in [3.8, 4) is 11.5 Å². The third-order valence-electron chi connectivity index (χ3n) is 2.18. The summed E-state index contributed by atoms with van der Waals surface area (Å²) in [6.07, 6.45) is 1.64. The molecule has 16 heavy (non-hydrogen) atoms. The molecule has 0 saturated carbocycles. The SMILES string of the molecule is Cc1ccc(Oc2ccnc(C)c2)c(F)c1. The fourth-order valence-corrected chi connectivity index (χ4v) is 1.40. The van der Waals surface area contributed by atoms with Crippen LogP contribution in [0.4, 0.5) is 4.39 Å². The zero-order valence-electron chi connectivity index (χ0n) is 9.20. The number of hydrogen-bond donors (Lipinski definition) is 0. The van der Waals surface area contributed by atoms with Crippen LogP contribution in [0.3, 0.4) is 0 Å². The van der Waals surface area contributed by atoms with Crippen LogP contribution in [-0.4, -0.2) is 4.98 Å². The standard InChI is InChI=1S/C13H12FNO/c1-9-3-4-13(12(14)7-9)16-11-5-6-15-10(2)8-11/h3-8H,1-2H3. The molecule has 0 radical (unpaired) electrons. The van der Waals surface area contributed by atoms with Crippen LogP contribution in [0.25, 0.3) is 0 Å². The predicted octanol–water partition coefficient (Wildman–Crippen LogP) is 3.63. The van der Waals surface area contributed by atoms with Gasteiger partial charge in [-0.15, -0.1) is 0 Å². The van der Waals surface area contributed by atoms with Crippen LogP contribution >= 0.6 is 0 Å². The summed E-state index contributed by atoms with van der Waals surface area (Å²) in [5.74, 6) is 0.473. The van der Waals surface area contributed by atoms with Crippen molar-refractivity contribution in [1.29, 1.82) is 0 Å². The molecule has 0 amide bonds. The minimum atomic E-state index is -0.352. The van der Waals surface area contributed by atoms with Crippen LogP contribution in [0, 0.1) is 19.7 Å². The number of aryl methyl sites for hydroxylation is 2. The molecule has 0 bridgehead atoms. The molecule has 2 aromatic rings. The van der Waals surface area contributed by atoms with Crippen molar-refractivity contribution in [3.05, 3.63) is 53.6 Å². The first kappa shape index (κ1) is 10.6. The van der Waals surface area contributed by atoms with Gasteiger partial charge in [-0.2, -0.15) is 0 Å². The van der Waals surface area contributed by atoms with Gasteiger partial charge in [0, 0.05) is 18.0 Å². The van der Waals surface area contributed by atoms with Gasteiger partial charge in [0.25, 0.3) is 0 Å². The maximum atomic E-state index is 13.5. The first-order valence-electron chi connectivity index (χ1n) is 5.02.